The van der Waals surface area contributed by atoms with E-state index in [1.807, 2.05) is 0 Å². The smallest absolute Gasteiger partial charge is 0.320 e. The number of unbranched alkanes of at least 4 members (excludes halogenated alkanes) is 5. The lowest BCUT2D eigenvalue weighted by Crippen LogP contribution is -2.32. The zero-order valence-electron chi connectivity index (χ0n) is 13.4. The predicted molar refractivity (Wildman–Crippen MR) is 89.0 cm³/mol. The molecule has 1 aromatic carbocycles. The number of aliphatic carboxylic acids is 1. The SMILES string of the molecule is CCCCCCCCOc1ccc(N)cc1C[C@H](N)C(=O)O. The first-order chi connectivity index (χ1) is 10.5. The van der Waals surface area contributed by atoms with Crippen molar-refractivity contribution >= 4 is 11.7 Å². The van der Waals surface area contributed by atoms with Crippen LogP contribution in [0.25, 0.3) is 0 Å². The molecule has 0 saturated heterocycles. The highest BCUT2D eigenvalue weighted by molar-refractivity contribution is 5.73. The normalized spacial score (nSPS) is 12.1. The van der Waals surface area contributed by atoms with E-state index in [0.717, 1.165) is 18.4 Å². The van der Waals surface area contributed by atoms with Crippen molar-refractivity contribution in [2.75, 3.05) is 12.3 Å². The van der Waals surface area contributed by atoms with Crippen LogP contribution in [0.2, 0.25) is 0 Å². The summed E-state index contributed by atoms with van der Waals surface area (Å²) in [4.78, 5) is 10.9. The van der Waals surface area contributed by atoms with Crippen molar-refractivity contribution in [2.24, 2.45) is 5.73 Å². The molecule has 0 aliphatic rings. The number of carboxylic acids is 1. The third kappa shape index (κ3) is 6.80. The molecule has 0 aliphatic heterocycles. The molecule has 0 aliphatic carbocycles. The highest BCUT2D eigenvalue weighted by atomic mass is 16.5. The number of anilines is 1. The molecule has 22 heavy (non-hydrogen) atoms. The summed E-state index contributed by atoms with van der Waals surface area (Å²) in [5, 5.41) is 8.92. The largest absolute Gasteiger partial charge is 0.493 e. The van der Waals surface area contributed by atoms with E-state index in [2.05, 4.69) is 6.92 Å². The molecule has 124 valence electrons. The number of hydrogen-bond acceptors (Lipinski definition) is 4. The van der Waals surface area contributed by atoms with E-state index in [9.17, 15) is 4.79 Å². The van der Waals surface area contributed by atoms with Crippen molar-refractivity contribution in [1.82, 2.24) is 0 Å². The lowest BCUT2D eigenvalue weighted by molar-refractivity contribution is -0.138. The average Bonchev–Trinajstić information content (AvgIpc) is 2.48. The summed E-state index contributed by atoms with van der Waals surface area (Å²) < 4.78 is 5.78. The van der Waals surface area contributed by atoms with E-state index in [4.69, 9.17) is 21.3 Å². The number of ether oxygens (including phenoxy) is 1. The number of nitrogens with two attached hydrogens (primary N) is 2. The topological polar surface area (TPSA) is 98.6 Å². The van der Waals surface area contributed by atoms with E-state index >= 15 is 0 Å². The molecule has 0 unspecified atom stereocenters. The Morgan fingerprint density at radius 2 is 1.91 bits per heavy atom. The molecule has 1 aromatic rings. The first-order valence-electron chi connectivity index (χ1n) is 8.04. The molecule has 0 fully saturated rings. The molecule has 0 spiro atoms. The highest BCUT2D eigenvalue weighted by Crippen LogP contribution is 2.23. The second-order valence-electron chi connectivity index (χ2n) is 5.63. The van der Waals surface area contributed by atoms with Gasteiger partial charge in [-0.25, -0.2) is 0 Å². The van der Waals surface area contributed by atoms with Gasteiger partial charge in [0.2, 0.25) is 0 Å². The van der Waals surface area contributed by atoms with Crippen LogP contribution in [-0.2, 0) is 11.2 Å². The molecule has 0 aromatic heterocycles. The number of benzene rings is 1. The van der Waals surface area contributed by atoms with E-state index in [-0.39, 0.29) is 6.42 Å². The van der Waals surface area contributed by atoms with Gasteiger partial charge in [-0.05, 0) is 30.2 Å². The molecule has 0 saturated carbocycles. The first kappa shape index (κ1) is 18.3. The Balaban J connectivity index is 2.46. The Labute approximate surface area is 132 Å². The molecule has 5 nitrogen and oxygen atoms in total. The van der Waals surface area contributed by atoms with Gasteiger partial charge in [-0.3, -0.25) is 4.79 Å². The monoisotopic (exact) mass is 308 g/mol. The van der Waals surface area contributed by atoms with Crippen molar-refractivity contribution in [3.05, 3.63) is 23.8 Å². The summed E-state index contributed by atoms with van der Waals surface area (Å²) in [6.07, 6.45) is 7.40. The highest BCUT2D eigenvalue weighted by Gasteiger charge is 2.15. The van der Waals surface area contributed by atoms with Crippen LogP contribution in [0.4, 0.5) is 5.69 Å². The van der Waals surface area contributed by atoms with Crippen molar-refractivity contribution in [2.45, 2.75) is 57.9 Å². The third-order valence-corrected chi connectivity index (χ3v) is 3.60. The van der Waals surface area contributed by atoms with Gasteiger partial charge in [0.1, 0.15) is 11.8 Å². The zero-order valence-corrected chi connectivity index (χ0v) is 13.4. The van der Waals surface area contributed by atoms with Gasteiger partial charge in [0, 0.05) is 12.1 Å². The summed E-state index contributed by atoms with van der Waals surface area (Å²) in [5.41, 5.74) is 12.7. The Kier molecular flexibility index (Phi) is 8.36. The van der Waals surface area contributed by atoms with Crippen LogP contribution >= 0.6 is 0 Å². The minimum atomic E-state index is -1.02. The molecule has 0 bridgehead atoms. The van der Waals surface area contributed by atoms with Gasteiger partial charge in [0.05, 0.1) is 6.61 Å². The van der Waals surface area contributed by atoms with Crippen LogP contribution in [0.1, 0.15) is 51.0 Å². The van der Waals surface area contributed by atoms with Gasteiger partial charge >= 0.3 is 5.97 Å². The Morgan fingerprint density at radius 1 is 1.23 bits per heavy atom. The summed E-state index contributed by atoms with van der Waals surface area (Å²) in [5.74, 6) is -0.344. The molecule has 0 heterocycles. The fourth-order valence-electron chi connectivity index (χ4n) is 2.29. The van der Waals surface area contributed by atoms with E-state index in [1.54, 1.807) is 18.2 Å². The Hall–Kier alpha value is -1.75. The predicted octanol–water partition coefficient (Wildman–Crippen LogP) is 2.96. The van der Waals surface area contributed by atoms with Crippen LogP contribution in [0.5, 0.6) is 5.75 Å². The van der Waals surface area contributed by atoms with Crippen LogP contribution < -0.4 is 16.2 Å². The minimum Gasteiger partial charge on any atom is -0.493 e. The van der Waals surface area contributed by atoms with Crippen molar-refractivity contribution in [3.8, 4) is 5.75 Å². The summed E-state index contributed by atoms with van der Waals surface area (Å²) >= 11 is 0. The third-order valence-electron chi connectivity index (χ3n) is 3.60. The van der Waals surface area contributed by atoms with Gasteiger partial charge in [-0.2, -0.15) is 0 Å². The lowest BCUT2D eigenvalue weighted by Gasteiger charge is -2.14. The maximum Gasteiger partial charge on any atom is 0.320 e. The molecular weight excluding hydrogens is 280 g/mol. The average molecular weight is 308 g/mol. The first-order valence-corrected chi connectivity index (χ1v) is 8.04. The van der Waals surface area contributed by atoms with E-state index in [1.165, 1.54) is 25.7 Å². The standard InChI is InChI=1S/C17H28N2O3/c1-2-3-4-5-6-7-10-22-16-9-8-14(18)11-13(16)12-15(19)17(20)21/h8-9,11,15H,2-7,10,12,18-19H2,1H3,(H,20,21)/t15-/m0/s1. The summed E-state index contributed by atoms with van der Waals surface area (Å²) in [6.45, 7) is 2.83. The molecule has 1 rings (SSSR count). The van der Waals surface area contributed by atoms with Gasteiger partial charge in [-0.1, -0.05) is 39.0 Å². The fourth-order valence-corrected chi connectivity index (χ4v) is 2.29. The molecule has 0 radical (unpaired) electrons. The van der Waals surface area contributed by atoms with Gasteiger partial charge < -0.3 is 21.3 Å². The van der Waals surface area contributed by atoms with Crippen LogP contribution in [-0.4, -0.2) is 23.7 Å². The number of rotatable bonds is 11. The fraction of sp³-hybridized carbons (Fsp3) is 0.588. The van der Waals surface area contributed by atoms with Gasteiger partial charge in [0.15, 0.2) is 0 Å². The number of carbonyl (C=O) groups is 1. The Morgan fingerprint density at radius 3 is 2.59 bits per heavy atom. The zero-order chi connectivity index (χ0) is 16.4. The second kappa shape index (κ2) is 10.1. The molecular formula is C17H28N2O3. The van der Waals surface area contributed by atoms with Crippen molar-refractivity contribution in [1.29, 1.82) is 0 Å². The summed E-state index contributed by atoms with van der Waals surface area (Å²) in [7, 11) is 0. The maximum atomic E-state index is 10.9. The quantitative estimate of drug-likeness (QED) is 0.431. The Bertz CT molecular complexity index is 463. The molecule has 5 N–H and O–H groups in total. The van der Waals surface area contributed by atoms with Gasteiger partial charge in [0.25, 0.3) is 0 Å². The minimum absolute atomic E-state index is 0.214. The molecule has 5 heteroatoms. The van der Waals surface area contributed by atoms with E-state index < -0.39 is 12.0 Å². The maximum absolute atomic E-state index is 10.9. The molecule has 0 amide bonds. The number of carboxylic acid groups (broad SMARTS) is 1. The van der Waals surface area contributed by atoms with Crippen molar-refractivity contribution < 1.29 is 14.6 Å². The molecule has 1 atom stereocenters. The summed E-state index contributed by atoms with van der Waals surface area (Å²) in [6, 6.07) is 4.33. The van der Waals surface area contributed by atoms with Gasteiger partial charge in [-0.15, -0.1) is 0 Å². The van der Waals surface area contributed by atoms with E-state index in [0.29, 0.717) is 18.0 Å². The van der Waals surface area contributed by atoms with Crippen LogP contribution in [0.15, 0.2) is 18.2 Å². The van der Waals surface area contributed by atoms with Crippen molar-refractivity contribution in [3.63, 3.8) is 0 Å². The van der Waals surface area contributed by atoms with Crippen LogP contribution in [0, 0.1) is 0 Å². The van der Waals surface area contributed by atoms with Crippen LogP contribution in [0.3, 0.4) is 0 Å². The lowest BCUT2D eigenvalue weighted by atomic mass is 10.0. The number of hydrogen-bond donors (Lipinski definition) is 3. The second-order valence-corrected chi connectivity index (χ2v) is 5.63. The number of nitrogen functional groups attached to an aromatic ring is 1.